The molecule has 2 nitrogen and oxygen atoms in total. The van der Waals surface area contributed by atoms with Gasteiger partial charge in [-0.05, 0) is 17.7 Å². The van der Waals surface area contributed by atoms with Crippen LogP contribution in [0.1, 0.15) is 11.1 Å². The molecule has 0 unspecified atom stereocenters. The van der Waals surface area contributed by atoms with E-state index in [9.17, 15) is 4.39 Å². The van der Waals surface area contributed by atoms with Crippen molar-refractivity contribution in [1.82, 2.24) is 4.98 Å². The van der Waals surface area contributed by atoms with Crippen molar-refractivity contribution in [2.75, 3.05) is 11.9 Å². The molecule has 0 fully saturated rings. The number of nitrogens with zero attached hydrogens (tertiary/aromatic N) is 2. The zero-order chi connectivity index (χ0) is 13.0. The summed E-state index contributed by atoms with van der Waals surface area (Å²) in [6.07, 6.45) is 1.74. The summed E-state index contributed by atoms with van der Waals surface area (Å²) in [6.45, 7) is 0.486. The second-order valence-corrected chi connectivity index (χ2v) is 4.37. The lowest BCUT2D eigenvalue weighted by Gasteiger charge is -2.18. The Labute approximate surface area is 111 Å². The van der Waals surface area contributed by atoms with Gasteiger partial charge in [-0.3, -0.25) is 0 Å². The molecule has 2 aromatic rings. The van der Waals surface area contributed by atoms with E-state index in [1.54, 1.807) is 18.3 Å². The minimum absolute atomic E-state index is 0.193. The molecule has 1 heterocycles. The van der Waals surface area contributed by atoms with E-state index in [2.05, 4.69) is 4.98 Å². The highest BCUT2D eigenvalue weighted by molar-refractivity contribution is 6.17. The fourth-order valence-electron chi connectivity index (χ4n) is 1.68. The summed E-state index contributed by atoms with van der Waals surface area (Å²) in [5.41, 5.74) is 1.63. The van der Waals surface area contributed by atoms with Crippen LogP contribution in [0.2, 0.25) is 0 Å². The van der Waals surface area contributed by atoms with E-state index in [-0.39, 0.29) is 5.82 Å². The number of aromatic nitrogens is 1. The first-order chi connectivity index (χ1) is 8.70. The Kier molecular flexibility index (Phi) is 4.15. The average Bonchev–Trinajstić information content (AvgIpc) is 2.41. The minimum atomic E-state index is -0.193. The number of benzene rings is 1. The molecule has 1 aromatic heterocycles. The molecule has 0 aliphatic carbocycles. The Bertz CT molecular complexity index is 513. The lowest BCUT2D eigenvalue weighted by molar-refractivity contribution is 0.607. The van der Waals surface area contributed by atoms with Crippen LogP contribution in [-0.4, -0.2) is 12.0 Å². The van der Waals surface area contributed by atoms with Gasteiger partial charge in [0.15, 0.2) is 0 Å². The van der Waals surface area contributed by atoms with E-state index in [0.717, 1.165) is 11.4 Å². The number of alkyl halides is 1. The van der Waals surface area contributed by atoms with Gasteiger partial charge < -0.3 is 4.90 Å². The largest absolute Gasteiger partial charge is 0.355 e. The maximum absolute atomic E-state index is 13.5. The van der Waals surface area contributed by atoms with Crippen molar-refractivity contribution in [2.24, 2.45) is 0 Å². The number of hydrogen-bond donors (Lipinski definition) is 0. The molecule has 4 heteroatoms. The number of halogens is 2. The highest BCUT2D eigenvalue weighted by atomic mass is 35.5. The fraction of sp³-hybridized carbons (Fsp3) is 0.214. The third kappa shape index (κ3) is 2.99. The van der Waals surface area contributed by atoms with Crippen LogP contribution in [0.5, 0.6) is 0 Å². The molecular formula is C14H14ClFN2. The average molecular weight is 265 g/mol. The second-order valence-electron chi connectivity index (χ2n) is 4.11. The van der Waals surface area contributed by atoms with E-state index in [1.165, 1.54) is 6.07 Å². The van der Waals surface area contributed by atoms with Crippen LogP contribution in [0.25, 0.3) is 0 Å². The highest BCUT2D eigenvalue weighted by Gasteiger charge is 2.06. The minimum Gasteiger partial charge on any atom is -0.355 e. The quantitative estimate of drug-likeness (QED) is 0.785. The van der Waals surface area contributed by atoms with Crippen LogP contribution >= 0.6 is 11.6 Å². The van der Waals surface area contributed by atoms with Crippen LogP contribution in [-0.2, 0) is 12.4 Å². The highest BCUT2D eigenvalue weighted by Crippen LogP contribution is 2.15. The third-order valence-electron chi connectivity index (χ3n) is 2.72. The van der Waals surface area contributed by atoms with Gasteiger partial charge in [0.25, 0.3) is 0 Å². The lowest BCUT2D eigenvalue weighted by Crippen LogP contribution is -2.18. The van der Waals surface area contributed by atoms with Crippen LogP contribution in [0.15, 0.2) is 42.6 Å². The Morgan fingerprint density at radius 1 is 1.22 bits per heavy atom. The molecule has 18 heavy (non-hydrogen) atoms. The maximum atomic E-state index is 13.5. The summed E-state index contributed by atoms with van der Waals surface area (Å²) in [6, 6.07) is 10.6. The van der Waals surface area contributed by atoms with Gasteiger partial charge in [0.2, 0.25) is 0 Å². The number of anilines is 1. The van der Waals surface area contributed by atoms with Gasteiger partial charge in [-0.1, -0.05) is 24.3 Å². The Morgan fingerprint density at radius 2 is 2.00 bits per heavy atom. The van der Waals surface area contributed by atoms with E-state index in [0.29, 0.717) is 18.0 Å². The fourth-order valence-corrected chi connectivity index (χ4v) is 1.84. The molecular weight excluding hydrogens is 251 g/mol. The van der Waals surface area contributed by atoms with Gasteiger partial charge in [0.05, 0.1) is 0 Å². The summed E-state index contributed by atoms with van der Waals surface area (Å²) in [4.78, 5) is 6.19. The third-order valence-corrected chi connectivity index (χ3v) is 3.03. The molecule has 0 aliphatic rings. The topological polar surface area (TPSA) is 16.1 Å². The number of rotatable bonds is 4. The van der Waals surface area contributed by atoms with Gasteiger partial charge in [0, 0.05) is 31.2 Å². The first-order valence-corrected chi connectivity index (χ1v) is 6.19. The Balaban J connectivity index is 2.11. The number of pyridine rings is 1. The smallest absolute Gasteiger partial charge is 0.128 e. The van der Waals surface area contributed by atoms with Crippen molar-refractivity contribution in [1.29, 1.82) is 0 Å². The second kappa shape index (κ2) is 5.83. The summed E-state index contributed by atoms with van der Waals surface area (Å²) in [5.74, 6) is 1.05. The van der Waals surface area contributed by atoms with E-state index < -0.39 is 0 Å². The van der Waals surface area contributed by atoms with Gasteiger partial charge in [-0.25, -0.2) is 9.37 Å². The predicted octanol–water partition coefficient (Wildman–Crippen LogP) is 3.60. The molecule has 2 rings (SSSR count). The molecule has 0 bridgehead atoms. The standard InChI is InChI=1S/C14H14ClFN2/c1-18(10-12-4-2-3-5-13(12)16)14-7-6-11(8-15)9-17-14/h2-7,9H,8,10H2,1H3. The molecule has 0 saturated heterocycles. The maximum Gasteiger partial charge on any atom is 0.128 e. The van der Waals surface area contributed by atoms with Gasteiger partial charge in [-0.15, -0.1) is 11.6 Å². The zero-order valence-electron chi connectivity index (χ0n) is 10.1. The van der Waals surface area contributed by atoms with Crippen molar-refractivity contribution >= 4 is 17.4 Å². The Morgan fingerprint density at radius 3 is 2.61 bits per heavy atom. The van der Waals surface area contributed by atoms with Crippen molar-refractivity contribution in [3.63, 3.8) is 0 Å². The van der Waals surface area contributed by atoms with E-state index in [1.807, 2.05) is 30.1 Å². The van der Waals surface area contributed by atoms with Crippen LogP contribution < -0.4 is 4.90 Å². The SMILES string of the molecule is CN(Cc1ccccc1F)c1ccc(CCl)cn1. The molecule has 0 amide bonds. The summed E-state index contributed by atoms with van der Waals surface area (Å²) in [7, 11) is 1.88. The van der Waals surface area contributed by atoms with Crippen molar-refractivity contribution < 1.29 is 4.39 Å². The van der Waals surface area contributed by atoms with Crippen LogP contribution in [0, 0.1) is 5.82 Å². The summed E-state index contributed by atoms with van der Waals surface area (Å²) < 4.78 is 13.5. The molecule has 0 spiro atoms. The molecule has 94 valence electrons. The molecule has 0 radical (unpaired) electrons. The Hall–Kier alpha value is -1.61. The summed E-state index contributed by atoms with van der Waals surface area (Å²) in [5, 5.41) is 0. The molecule has 0 N–H and O–H groups in total. The van der Waals surface area contributed by atoms with E-state index in [4.69, 9.17) is 11.6 Å². The van der Waals surface area contributed by atoms with Crippen molar-refractivity contribution in [3.8, 4) is 0 Å². The van der Waals surface area contributed by atoms with Gasteiger partial charge in [-0.2, -0.15) is 0 Å². The van der Waals surface area contributed by atoms with Crippen molar-refractivity contribution in [2.45, 2.75) is 12.4 Å². The predicted molar refractivity (Wildman–Crippen MR) is 72.3 cm³/mol. The van der Waals surface area contributed by atoms with Gasteiger partial charge in [0.1, 0.15) is 11.6 Å². The summed E-state index contributed by atoms with van der Waals surface area (Å²) >= 11 is 5.71. The first-order valence-electron chi connectivity index (χ1n) is 5.66. The van der Waals surface area contributed by atoms with E-state index >= 15 is 0 Å². The monoisotopic (exact) mass is 264 g/mol. The molecule has 0 atom stereocenters. The molecule has 0 aliphatic heterocycles. The first kappa shape index (κ1) is 12.8. The lowest BCUT2D eigenvalue weighted by atomic mass is 10.2. The van der Waals surface area contributed by atoms with Crippen molar-refractivity contribution in [3.05, 3.63) is 59.5 Å². The normalized spacial score (nSPS) is 10.4. The zero-order valence-corrected chi connectivity index (χ0v) is 10.9. The van der Waals surface area contributed by atoms with Crippen LogP contribution in [0.3, 0.4) is 0 Å². The molecule has 1 aromatic carbocycles. The van der Waals surface area contributed by atoms with Crippen LogP contribution in [0.4, 0.5) is 10.2 Å². The molecule has 0 saturated carbocycles. The number of hydrogen-bond acceptors (Lipinski definition) is 2. The van der Waals surface area contributed by atoms with Gasteiger partial charge >= 0.3 is 0 Å².